The van der Waals surface area contributed by atoms with Crippen molar-refractivity contribution in [2.45, 2.75) is 6.92 Å². The number of aromatic nitrogens is 1. The lowest BCUT2D eigenvalue weighted by atomic mass is 10.2. The van der Waals surface area contributed by atoms with Gasteiger partial charge in [0.2, 0.25) is 0 Å². The van der Waals surface area contributed by atoms with E-state index >= 15 is 0 Å². The molecule has 0 saturated carbocycles. The number of carbonyl (C=O) groups is 1. The Morgan fingerprint density at radius 2 is 2.18 bits per heavy atom. The zero-order chi connectivity index (χ0) is 12.3. The molecule has 0 unspecified atom stereocenters. The molecule has 1 aromatic heterocycles. The van der Waals surface area contributed by atoms with Gasteiger partial charge in [0.15, 0.2) is 0 Å². The smallest absolute Gasteiger partial charge is 0.257 e. The number of nitrogens with two attached hydrogens (primary N) is 1. The molecule has 0 aliphatic carbocycles. The van der Waals surface area contributed by atoms with E-state index in [9.17, 15) is 4.79 Å². The zero-order valence-electron chi connectivity index (χ0n) is 9.47. The molecule has 0 radical (unpaired) electrons. The Bertz CT molecular complexity index is 552. The van der Waals surface area contributed by atoms with Crippen LogP contribution in [0.5, 0.6) is 0 Å². The molecule has 0 atom stereocenters. The molecular formula is C13H13N3O. The highest BCUT2D eigenvalue weighted by Gasteiger charge is 2.09. The molecule has 17 heavy (non-hydrogen) atoms. The van der Waals surface area contributed by atoms with Gasteiger partial charge in [0.1, 0.15) is 0 Å². The molecule has 0 spiro atoms. The van der Waals surface area contributed by atoms with Crippen molar-refractivity contribution in [1.82, 2.24) is 4.98 Å². The number of amides is 1. The third kappa shape index (κ3) is 2.60. The molecule has 4 nitrogen and oxygen atoms in total. The minimum Gasteiger partial charge on any atom is -0.397 e. The predicted molar refractivity (Wildman–Crippen MR) is 67.8 cm³/mol. The van der Waals surface area contributed by atoms with Gasteiger partial charge in [-0.15, -0.1) is 0 Å². The average molecular weight is 227 g/mol. The maximum absolute atomic E-state index is 11.9. The highest BCUT2D eigenvalue weighted by Crippen LogP contribution is 2.14. The largest absolute Gasteiger partial charge is 0.397 e. The van der Waals surface area contributed by atoms with E-state index in [1.54, 1.807) is 12.3 Å². The van der Waals surface area contributed by atoms with Crippen LogP contribution in [0, 0.1) is 6.92 Å². The highest BCUT2D eigenvalue weighted by molar-refractivity contribution is 6.07. The first-order valence-electron chi connectivity index (χ1n) is 5.24. The second-order valence-corrected chi connectivity index (χ2v) is 3.79. The maximum Gasteiger partial charge on any atom is 0.257 e. The van der Waals surface area contributed by atoms with Crippen LogP contribution in [0.15, 0.2) is 42.7 Å². The summed E-state index contributed by atoms with van der Waals surface area (Å²) in [6.45, 7) is 1.97. The number of nitrogens with zero attached hydrogens (tertiary/aromatic N) is 1. The van der Waals surface area contributed by atoms with Crippen LogP contribution in [0.25, 0.3) is 0 Å². The Kier molecular flexibility index (Phi) is 3.05. The summed E-state index contributed by atoms with van der Waals surface area (Å²) >= 11 is 0. The first-order valence-corrected chi connectivity index (χ1v) is 5.24. The summed E-state index contributed by atoms with van der Waals surface area (Å²) in [5, 5.41) is 2.79. The van der Waals surface area contributed by atoms with Crippen LogP contribution >= 0.6 is 0 Å². The first-order chi connectivity index (χ1) is 8.16. The fourth-order valence-electron chi connectivity index (χ4n) is 1.53. The van der Waals surface area contributed by atoms with E-state index < -0.39 is 0 Å². The molecule has 0 saturated heterocycles. The van der Waals surface area contributed by atoms with Crippen molar-refractivity contribution in [3.05, 3.63) is 53.9 Å². The van der Waals surface area contributed by atoms with E-state index in [0.29, 0.717) is 11.3 Å². The third-order valence-corrected chi connectivity index (χ3v) is 2.37. The molecule has 4 heteroatoms. The second-order valence-electron chi connectivity index (χ2n) is 3.79. The van der Waals surface area contributed by atoms with Gasteiger partial charge >= 0.3 is 0 Å². The Hall–Kier alpha value is -2.36. The van der Waals surface area contributed by atoms with E-state index in [0.717, 1.165) is 11.3 Å². The van der Waals surface area contributed by atoms with Gasteiger partial charge in [0.25, 0.3) is 5.91 Å². The number of rotatable bonds is 2. The molecule has 1 amide bonds. The third-order valence-electron chi connectivity index (χ3n) is 2.37. The number of pyridine rings is 1. The fourth-order valence-corrected chi connectivity index (χ4v) is 1.53. The van der Waals surface area contributed by atoms with E-state index in [4.69, 9.17) is 5.73 Å². The van der Waals surface area contributed by atoms with Crippen LogP contribution in [0.3, 0.4) is 0 Å². The number of hydrogen-bond donors (Lipinski definition) is 2. The normalized spacial score (nSPS) is 9.94. The van der Waals surface area contributed by atoms with Gasteiger partial charge in [-0.1, -0.05) is 12.1 Å². The lowest BCUT2D eigenvalue weighted by molar-refractivity contribution is 0.102. The van der Waals surface area contributed by atoms with Crippen molar-refractivity contribution >= 4 is 17.3 Å². The molecule has 86 valence electrons. The first kappa shape index (κ1) is 11.1. The van der Waals surface area contributed by atoms with Gasteiger partial charge in [0, 0.05) is 11.9 Å². The van der Waals surface area contributed by atoms with Gasteiger partial charge in [-0.2, -0.15) is 0 Å². The van der Waals surface area contributed by atoms with Gasteiger partial charge in [-0.3, -0.25) is 9.78 Å². The van der Waals surface area contributed by atoms with Crippen LogP contribution in [-0.2, 0) is 0 Å². The van der Waals surface area contributed by atoms with Gasteiger partial charge in [0.05, 0.1) is 17.4 Å². The number of carbonyl (C=O) groups excluding carboxylic acids is 1. The van der Waals surface area contributed by atoms with Gasteiger partial charge in [-0.05, 0) is 30.7 Å². The standard InChI is InChI=1S/C13H13N3O/c1-9-3-2-4-10(7-9)16-13(17)11-5-6-15-8-12(11)14/h2-8H,14H2,1H3,(H,16,17). The van der Waals surface area contributed by atoms with Crippen molar-refractivity contribution in [3.63, 3.8) is 0 Å². The molecule has 2 rings (SSSR count). The molecule has 0 aliphatic rings. The summed E-state index contributed by atoms with van der Waals surface area (Å²) in [5.74, 6) is -0.226. The Balaban J connectivity index is 2.20. The summed E-state index contributed by atoms with van der Waals surface area (Å²) in [4.78, 5) is 15.8. The summed E-state index contributed by atoms with van der Waals surface area (Å²) < 4.78 is 0. The lowest BCUT2D eigenvalue weighted by Gasteiger charge is -2.07. The molecule has 0 aliphatic heterocycles. The summed E-state index contributed by atoms with van der Waals surface area (Å²) in [6.07, 6.45) is 3.01. The fraction of sp³-hybridized carbons (Fsp3) is 0.0769. The molecule has 2 aromatic rings. The van der Waals surface area contributed by atoms with E-state index in [2.05, 4.69) is 10.3 Å². The minimum atomic E-state index is -0.226. The van der Waals surface area contributed by atoms with Crippen molar-refractivity contribution in [2.75, 3.05) is 11.1 Å². The van der Waals surface area contributed by atoms with Crippen molar-refractivity contribution in [3.8, 4) is 0 Å². The number of nitrogen functional groups attached to an aromatic ring is 1. The maximum atomic E-state index is 11.9. The SMILES string of the molecule is Cc1cccc(NC(=O)c2ccncc2N)c1. The lowest BCUT2D eigenvalue weighted by Crippen LogP contribution is -2.14. The zero-order valence-corrected chi connectivity index (χ0v) is 9.47. The van der Waals surface area contributed by atoms with Gasteiger partial charge in [-0.25, -0.2) is 0 Å². The molecule has 3 N–H and O–H groups in total. The monoisotopic (exact) mass is 227 g/mol. The number of hydrogen-bond acceptors (Lipinski definition) is 3. The van der Waals surface area contributed by atoms with E-state index in [1.807, 2.05) is 31.2 Å². The Labute approximate surface area is 99.5 Å². The topological polar surface area (TPSA) is 68.0 Å². The molecule has 1 heterocycles. The average Bonchev–Trinajstić information content (AvgIpc) is 2.29. The number of benzene rings is 1. The van der Waals surface area contributed by atoms with Crippen LogP contribution in [0.4, 0.5) is 11.4 Å². The number of anilines is 2. The molecule has 1 aromatic carbocycles. The molecule has 0 bridgehead atoms. The molecule has 0 fully saturated rings. The van der Waals surface area contributed by atoms with Gasteiger partial charge < -0.3 is 11.1 Å². The van der Waals surface area contributed by atoms with Crippen LogP contribution < -0.4 is 11.1 Å². The van der Waals surface area contributed by atoms with E-state index in [1.165, 1.54) is 6.20 Å². The highest BCUT2D eigenvalue weighted by atomic mass is 16.1. The van der Waals surface area contributed by atoms with Crippen LogP contribution in [-0.4, -0.2) is 10.9 Å². The summed E-state index contributed by atoms with van der Waals surface area (Å²) in [7, 11) is 0. The number of aryl methyl sites for hydroxylation is 1. The Morgan fingerprint density at radius 3 is 2.88 bits per heavy atom. The van der Waals surface area contributed by atoms with E-state index in [-0.39, 0.29) is 5.91 Å². The van der Waals surface area contributed by atoms with Crippen molar-refractivity contribution < 1.29 is 4.79 Å². The number of nitrogens with one attached hydrogen (secondary N) is 1. The van der Waals surface area contributed by atoms with Crippen LogP contribution in [0.1, 0.15) is 15.9 Å². The quantitative estimate of drug-likeness (QED) is 0.826. The van der Waals surface area contributed by atoms with Crippen LogP contribution in [0.2, 0.25) is 0 Å². The van der Waals surface area contributed by atoms with Crippen molar-refractivity contribution in [2.24, 2.45) is 0 Å². The predicted octanol–water partition coefficient (Wildman–Crippen LogP) is 2.22. The Morgan fingerprint density at radius 1 is 1.35 bits per heavy atom. The summed E-state index contributed by atoms with van der Waals surface area (Å²) in [6, 6.07) is 9.19. The molecular weight excluding hydrogens is 214 g/mol. The second kappa shape index (κ2) is 4.65. The van der Waals surface area contributed by atoms with Crippen molar-refractivity contribution in [1.29, 1.82) is 0 Å². The minimum absolute atomic E-state index is 0.226. The summed E-state index contributed by atoms with van der Waals surface area (Å²) in [5.41, 5.74) is 8.33.